The van der Waals surface area contributed by atoms with E-state index in [9.17, 15) is 4.79 Å². The number of carbonyl (C=O) groups is 1. The fraction of sp³-hybridized carbons (Fsp3) is 0.478. The Morgan fingerprint density at radius 1 is 1.15 bits per heavy atom. The molecule has 144 valence electrons. The molecule has 4 nitrogen and oxygen atoms in total. The molecule has 2 atom stereocenters. The third kappa shape index (κ3) is 4.75. The van der Waals surface area contributed by atoms with E-state index in [4.69, 9.17) is 0 Å². The fourth-order valence-electron chi connectivity index (χ4n) is 4.38. The van der Waals surface area contributed by atoms with E-state index in [1.807, 2.05) is 18.3 Å². The number of hydrogen-bond acceptors (Lipinski definition) is 2. The van der Waals surface area contributed by atoms with Gasteiger partial charge < -0.3 is 9.80 Å². The Bertz CT molecular complexity index is 754. The van der Waals surface area contributed by atoms with Crippen molar-refractivity contribution in [1.82, 2.24) is 4.98 Å². The predicted octanol–water partition coefficient (Wildman–Crippen LogP) is 4.44. The number of likely N-dealkylation sites (N-methyl/N-ethyl adjacent to an activating group) is 1. The highest BCUT2D eigenvalue weighted by molar-refractivity contribution is 5.93. The lowest BCUT2D eigenvalue weighted by Crippen LogP contribution is -2.54. The van der Waals surface area contributed by atoms with Crippen LogP contribution in [-0.4, -0.2) is 41.6 Å². The summed E-state index contributed by atoms with van der Waals surface area (Å²) in [5.41, 5.74) is 4.38. The predicted molar refractivity (Wildman–Crippen MR) is 111 cm³/mol. The highest BCUT2D eigenvalue weighted by atomic mass is 16.2. The Kier molecular flexibility index (Phi) is 6.27. The SMILES string of the molecule is CC[N+]1(CC(=O)Nc2c(C)cccc2C)CCCCC(c2ccccn2)C1. The van der Waals surface area contributed by atoms with Gasteiger partial charge >= 0.3 is 0 Å². The Balaban J connectivity index is 1.76. The largest absolute Gasteiger partial charge is 0.321 e. The molecule has 27 heavy (non-hydrogen) atoms. The Morgan fingerprint density at radius 3 is 2.59 bits per heavy atom. The zero-order valence-corrected chi connectivity index (χ0v) is 16.9. The first kappa shape index (κ1) is 19.6. The minimum absolute atomic E-state index is 0.121. The third-order valence-corrected chi connectivity index (χ3v) is 6.04. The molecule has 1 saturated heterocycles. The maximum absolute atomic E-state index is 13.0. The second-order valence-corrected chi connectivity index (χ2v) is 7.98. The second-order valence-electron chi connectivity index (χ2n) is 7.98. The van der Waals surface area contributed by atoms with Crippen LogP contribution in [0.1, 0.15) is 48.9 Å². The number of nitrogens with one attached hydrogen (secondary N) is 1. The first-order chi connectivity index (χ1) is 13.0. The molecule has 2 aromatic rings. The molecule has 0 spiro atoms. The average molecular weight is 367 g/mol. The van der Waals surface area contributed by atoms with Gasteiger partial charge in [0.1, 0.15) is 0 Å². The van der Waals surface area contributed by atoms with Gasteiger partial charge in [0.15, 0.2) is 6.54 Å². The minimum atomic E-state index is 0.121. The summed E-state index contributed by atoms with van der Waals surface area (Å²) in [6.07, 6.45) is 5.43. The van der Waals surface area contributed by atoms with E-state index in [1.54, 1.807) is 0 Å². The molecule has 4 heteroatoms. The van der Waals surface area contributed by atoms with Gasteiger partial charge in [-0.05, 0) is 63.3 Å². The van der Waals surface area contributed by atoms with Crippen molar-refractivity contribution in [2.45, 2.75) is 46.0 Å². The van der Waals surface area contributed by atoms with Crippen molar-refractivity contribution < 1.29 is 9.28 Å². The number of aromatic nitrogens is 1. The summed E-state index contributed by atoms with van der Waals surface area (Å²) in [7, 11) is 0. The average Bonchev–Trinajstić information content (AvgIpc) is 2.89. The number of anilines is 1. The third-order valence-electron chi connectivity index (χ3n) is 6.04. The Labute approximate surface area is 163 Å². The first-order valence-electron chi connectivity index (χ1n) is 10.1. The number of pyridine rings is 1. The molecule has 1 N–H and O–H groups in total. The van der Waals surface area contributed by atoms with Crippen LogP contribution in [0.2, 0.25) is 0 Å². The van der Waals surface area contributed by atoms with Crippen LogP contribution >= 0.6 is 0 Å². The van der Waals surface area contributed by atoms with Crippen LogP contribution in [0.3, 0.4) is 0 Å². The van der Waals surface area contributed by atoms with Crippen molar-refractivity contribution >= 4 is 11.6 Å². The van der Waals surface area contributed by atoms with E-state index < -0.39 is 0 Å². The maximum Gasteiger partial charge on any atom is 0.279 e. The molecule has 0 saturated carbocycles. The molecular weight excluding hydrogens is 334 g/mol. The maximum atomic E-state index is 13.0. The van der Waals surface area contributed by atoms with Crippen LogP contribution in [0.15, 0.2) is 42.6 Å². The van der Waals surface area contributed by atoms with E-state index in [-0.39, 0.29) is 5.91 Å². The lowest BCUT2D eigenvalue weighted by atomic mass is 9.98. The molecule has 2 unspecified atom stereocenters. The highest BCUT2D eigenvalue weighted by Gasteiger charge is 2.35. The number of benzene rings is 1. The molecule has 1 aromatic carbocycles. The van der Waals surface area contributed by atoms with Gasteiger partial charge in [0.2, 0.25) is 0 Å². The number of rotatable bonds is 5. The number of hydrogen-bond donors (Lipinski definition) is 1. The molecule has 0 aliphatic carbocycles. The number of amides is 1. The normalized spacial score (nSPS) is 22.9. The molecule has 2 heterocycles. The molecule has 1 amide bonds. The molecule has 1 aliphatic heterocycles. The van der Waals surface area contributed by atoms with Crippen LogP contribution < -0.4 is 5.32 Å². The molecule has 0 bridgehead atoms. The number of likely N-dealkylation sites (tertiary alicyclic amines) is 1. The van der Waals surface area contributed by atoms with E-state index in [2.05, 4.69) is 55.3 Å². The minimum Gasteiger partial charge on any atom is -0.321 e. The number of nitrogens with zero attached hydrogens (tertiary/aromatic N) is 2. The standard InChI is InChI=1S/C23H31N3O/c1-4-26(17-22(27)25-23-18(2)10-9-11-19(23)3)15-8-6-12-20(16-26)21-13-5-7-14-24-21/h5,7,9-11,13-14,20H,4,6,8,12,15-17H2,1-3H3/p+1. The van der Waals surface area contributed by atoms with E-state index >= 15 is 0 Å². The van der Waals surface area contributed by atoms with Crippen molar-refractivity contribution in [3.63, 3.8) is 0 Å². The number of carbonyl (C=O) groups excluding carboxylic acids is 1. The van der Waals surface area contributed by atoms with Crippen molar-refractivity contribution in [3.05, 3.63) is 59.4 Å². The fourth-order valence-corrected chi connectivity index (χ4v) is 4.38. The molecule has 0 radical (unpaired) electrons. The highest BCUT2D eigenvalue weighted by Crippen LogP contribution is 2.29. The zero-order valence-electron chi connectivity index (χ0n) is 16.9. The van der Waals surface area contributed by atoms with Gasteiger partial charge in [0.05, 0.1) is 25.6 Å². The number of quaternary nitrogens is 1. The topological polar surface area (TPSA) is 42.0 Å². The van der Waals surface area contributed by atoms with E-state index in [0.717, 1.165) is 47.4 Å². The Morgan fingerprint density at radius 2 is 1.93 bits per heavy atom. The van der Waals surface area contributed by atoms with Crippen molar-refractivity contribution in [2.75, 3.05) is 31.5 Å². The summed E-state index contributed by atoms with van der Waals surface area (Å²) in [6, 6.07) is 12.3. The van der Waals surface area contributed by atoms with Gasteiger partial charge in [-0.1, -0.05) is 24.3 Å². The molecule has 1 fully saturated rings. The quantitative estimate of drug-likeness (QED) is 0.795. The van der Waals surface area contributed by atoms with E-state index in [0.29, 0.717) is 12.5 Å². The van der Waals surface area contributed by atoms with E-state index in [1.165, 1.54) is 18.5 Å². The first-order valence-corrected chi connectivity index (χ1v) is 10.1. The van der Waals surface area contributed by atoms with Crippen LogP contribution in [0.4, 0.5) is 5.69 Å². The lowest BCUT2D eigenvalue weighted by Gasteiger charge is -2.38. The monoisotopic (exact) mass is 366 g/mol. The van der Waals surface area contributed by atoms with Crippen LogP contribution in [0.25, 0.3) is 0 Å². The van der Waals surface area contributed by atoms with Crippen molar-refractivity contribution in [3.8, 4) is 0 Å². The van der Waals surface area contributed by atoms with Gasteiger partial charge in [-0.15, -0.1) is 0 Å². The Hall–Kier alpha value is -2.20. The van der Waals surface area contributed by atoms with Gasteiger partial charge in [0.25, 0.3) is 5.91 Å². The summed E-state index contributed by atoms with van der Waals surface area (Å²) in [5.74, 6) is 0.553. The molecule has 1 aromatic heterocycles. The van der Waals surface area contributed by atoms with Crippen LogP contribution in [-0.2, 0) is 4.79 Å². The lowest BCUT2D eigenvalue weighted by molar-refractivity contribution is -0.919. The number of para-hydroxylation sites is 1. The van der Waals surface area contributed by atoms with Gasteiger partial charge in [0, 0.05) is 17.6 Å². The van der Waals surface area contributed by atoms with Crippen molar-refractivity contribution in [1.29, 1.82) is 0 Å². The summed E-state index contributed by atoms with van der Waals surface area (Å²) < 4.78 is 0.845. The van der Waals surface area contributed by atoms with Crippen LogP contribution in [0, 0.1) is 13.8 Å². The molecule has 3 rings (SSSR count). The van der Waals surface area contributed by atoms with Gasteiger partial charge in [-0.3, -0.25) is 9.78 Å². The molecular formula is C23H32N3O+. The summed E-state index contributed by atoms with van der Waals surface area (Å²) >= 11 is 0. The van der Waals surface area contributed by atoms with Gasteiger partial charge in [-0.25, -0.2) is 0 Å². The second kappa shape index (κ2) is 8.66. The summed E-state index contributed by atoms with van der Waals surface area (Å²) in [5, 5.41) is 3.19. The van der Waals surface area contributed by atoms with Gasteiger partial charge in [-0.2, -0.15) is 0 Å². The number of aryl methyl sites for hydroxylation is 2. The molecule has 1 aliphatic rings. The van der Waals surface area contributed by atoms with Crippen LogP contribution in [0.5, 0.6) is 0 Å². The zero-order chi connectivity index (χ0) is 19.3. The summed E-state index contributed by atoms with van der Waals surface area (Å²) in [6.45, 7) is 9.89. The summed E-state index contributed by atoms with van der Waals surface area (Å²) in [4.78, 5) is 17.6. The van der Waals surface area contributed by atoms with Crippen molar-refractivity contribution in [2.24, 2.45) is 0 Å². The smallest absolute Gasteiger partial charge is 0.279 e.